The monoisotopic (exact) mass is 294 g/mol. The van der Waals surface area contributed by atoms with Gasteiger partial charge in [0.15, 0.2) is 5.79 Å². The molecule has 0 radical (unpaired) electrons. The van der Waals surface area contributed by atoms with Crippen LogP contribution in [0.25, 0.3) is 0 Å². The molecule has 0 amide bonds. The fourth-order valence-corrected chi connectivity index (χ4v) is 2.36. The maximum absolute atomic E-state index is 10.9. The van der Waals surface area contributed by atoms with E-state index in [1.807, 2.05) is 6.08 Å². The van der Waals surface area contributed by atoms with E-state index < -0.39 is 0 Å². The van der Waals surface area contributed by atoms with E-state index in [0.717, 1.165) is 45.3 Å². The molecule has 1 heterocycles. The number of methoxy groups -OCH3 is 1. The summed E-state index contributed by atoms with van der Waals surface area (Å²) in [6.45, 7) is 5.85. The number of hydrogen-bond acceptors (Lipinski definition) is 4. The summed E-state index contributed by atoms with van der Waals surface area (Å²) in [6.07, 6.45) is 10.7. The van der Waals surface area contributed by atoms with Gasteiger partial charge >= 0.3 is 5.97 Å². The van der Waals surface area contributed by atoms with Gasteiger partial charge in [0, 0.05) is 17.9 Å². The first-order valence-corrected chi connectivity index (χ1v) is 7.69. The zero-order chi connectivity index (χ0) is 15.3. The van der Waals surface area contributed by atoms with Crippen LogP contribution in [-0.2, 0) is 19.0 Å². The van der Waals surface area contributed by atoms with Gasteiger partial charge in [-0.1, -0.05) is 26.0 Å². The predicted octanol–water partition coefficient (Wildman–Crippen LogP) is 3.38. The highest BCUT2D eigenvalue weighted by molar-refractivity contribution is 5.81. The van der Waals surface area contributed by atoms with Gasteiger partial charge in [-0.05, 0) is 31.3 Å². The van der Waals surface area contributed by atoms with Crippen molar-refractivity contribution in [3.05, 3.63) is 23.8 Å². The van der Waals surface area contributed by atoms with Crippen LogP contribution in [0.4, 0.5) is 0 Å². The van der Waals surface area contributed by atoms with Gasteiger partial charge < -0.3 is 14.2 Å². The lowest BCUT2D eigenvalue weighted by atomic mass is 9.95. The number of unbranched alkanes of at least 4 members (excludes halogenated alkanes) is 3. The summed E-state index contributed by atoms with van der Waals surface area (Å²) < 4.78 is 16.3. The molecule has 0 bridgehead atoms. The molecule has 0 unspecified atom stereocenters. The Morgan fingerprint density at radius 1 is 1.24 bits per heavy atom. The number of rotatable bonds is 6. The highest BCUT2D eigenvalue weighted by Crippen LogP contribution is 2.51. The summed E-state index contributed by atoms with van der Waals surface area (Å²) >= 11 is 0. The van der Waals surface area contributed by atoms with Gasteiger partial charge in [-0.15, -0.1) is 0 Å². The molecule has 1 spiro atoms. The van der Waals surface area contributed by atoms with E-state index in [1.165, 1.54) is 18.8 Å². The molecule has 118 valence electrons. The Bertz CT molecular complexity index is 424. The first-order valence-electron chi connectivity index (χ1n) is 7.69. The quantitative estimate of drug-likeness (QED) is 0.326. The molecule has 2 aliphatic rings. The Labute approximate surface area is 127 Å². The number of carbonyl (C=O) groups excluding carboxylic acids is 1. The summed E-state index contributed by atoms with van der Waals surface area (Å²) in [5.74, 6) is -0.660. The molecule has 2 rings (SSSR count). The summed E-state index contributed by atoms with van der Waals surface area (Å²) in [6, 6.07) is 0. The van der Waals surface area contributed by atoms with E-state index in [2.05, 4.69) is 24.7 Å². The van der Waals surface area contributed by atoms with Gasteiger partial charge in [0.25, 0.3) is 0 Å². The van der Waals surface area contributed by atoms with Crippen LogP contribution >= 0.6 is 0 Å². The maximum atomic E-state index is 10.9. The third-order valence-electron chi connectivity index (χ3n) is 3.85. The Hall–Kier alpha value is -1.13. The van der Waals surface area contributed by atoms with Crippen molar-refractivity contribution in [3.63, 3.8) is 0 Å². The minimum absolute atomic E-state index is 0.130. The molecule has 1 aliphatic heterocycles. The molecular weight excluding hydrogens is 268 g/mol. The zero-order valence-corrected chi connectivity index (χ0v) is 13.3. The fraction of sp³-hybridized carbons (Fsp3) is 0.706. The summed E-state index contributed by atoms with van der Waals surface area (Å²) in [5, 5.41) is 0. The van der Waals surface area contributed by atoms with Crippen molar-refractivity contribution in [2.75, 3.05) is 20.3 Å². The smallest absolute Gasteiger partial charge is 0.330 e. The Morgan fingerprint density at radius 2 is 1.90 bits per heavy atom. The van der Waals surface area contributed by atoms with Gasteiger partial charge in [0.1, 0.15) is 0 Å². The van der Waals surface area contributed by atoms with Crippen LogP contribution in [0.1, 0.15) is 46.0 Å². The fourth-order valence-electron chi connectivity index (χ4n) is 2.36. The molecule has 0 atom stereocenters. The maximum Gasteiger partial charge on any atom is 0.330 e. The average Bonchev–Trinajstić information content (AvgIpc) is 3.14. The number of carbonyl (C=O) groups is 1. The summed E-state index contributed by atoms with van der Waals surface area (Å²) in [5.41, 5.74) is 1.42. The molecule has 4 heteroatoms. The second kappa shape index (κ2) is 6.75. The third kappa shape index (κ3) is 4.68. The number of hydrogen-bond donors (Lipinski definition) is 0. The highest BCUT2D eigenvalue weighted by atomic mass is 16.7. The van der Waals surface area contributed by atoms with Crippen molar-refractivity contribution in [2.24, 2.45) is 5.41 Å². The van der Waals surface area contributed by atoms with Crippen LogP contribution in [0.3, 0.4) is 0 Å². The first-order chi connectivity index (χ1) is 9.97. The Balaban J connectivity index is 1.60. The molecule has 21 heavy (non-hydrogen) atoms. The minimum atomic E-state index is -0.375. The third-order valence-corrected chi connectivity index (χ3v) is 3.85. The largest absolute Gasteiger partial charge is 0.466 e. The van der Waals surface area contributed by atoms with Crippen molar-refractivity contribution in [1.82, 2.24) is 0 Å². The molecule has 0 aromatic heterocycles. The van der Waals surface area contributed by atoms with Crippen LogP contribution < -0.4 is 0 Å². The van der Waals surface area contributed by atoms with E-state index in [4.69, 9.17) is 9.47 Å². The van der Waals surface area contributed by atoms with E-state index in [1.54, 1.807) is 0 Å². The molecule has 1 saturated carbocycles. The lowest BCUT2D eigenvalue weighted by Crippen LogP contribution is -2.39. The molecule has 4 nitrogen and oxygen atoms in total. The van der Waals surface area contributed by atoms with Crippen LogP contribution in [0.15, 0.2) is 23.8 Å². The molecule has 1 saturated heterocycles. The van der Waals surface area contributed by atoms with Gasteiger partial charge in [0.05, 0.1) is 20.3 Å². The number of ether oxygens (including phenoxy) is 3. The van der Waals surface area contributed by atoms with E-state index in [9.17, 15) is 4.79 Å². The molecule has 0 aromatic carbocycles. The second-order valence-electron chi connectivity index (χ2n) is 6.61. The van der Waals surface area contributed by atoms with Crippen molar-refractivity contribution >= 4 is 5.97 Å². The van der Waals surface area contributed by atoms with Crippen molar-refractivity contribution in [1.29, 1.82) is 0 Å². The van der Waals surface area contributed by atoms with Crippen LogP contribution in [0.5, 0.6) is 0 Å². The molecular formula is C17H26O4. The van der Waals surface area contributed by atoms with Crippen molar-refractivity contribution in [3.8, 4) is 0 Å². The van der Waals surface area contributed by atoms with E-state index >= 15 is 0 Å². The van der Waals surface area contributed by atoms with Gasteiger partial charge in [0.2, 0.25) is 0 Å². The lowest BCUT2D eigenvalue weighted by molar-refractivity contribution is -0.233. The van der Waals surface area contributed by atoms with Gasteiger partial charge in [-0.25, -0.2) is 4.79 Å². The topological polar surface area (TPSA) is 44.8 Å². The lowest BCUT2D eigenvalue weighted by Gasteiger charge is -2.34. The normalized spacial score (nSPS) is 24.6. The molecule has 0 N–H and O–H groups in total. The summed E-state index contributed by atoms with van der Waals surface area (Å²) in [7, 11) is 1.39. The van der Waals surface area contributed by atoms with Crippen LogP contribution in [0, 0.1) is 5.41 Å². The van der Waals surface area contributed by atoms with Crippen LogP contribution in [-0.4, -0.2) is 32.1 Å². The number of allylic oxidation sites excluding steroid dienone is 2. The zero-order valence-electron chi connectivity index (χ0n) is 13.3. The molecule has 1 aliphatic carbocycles. The molecule has 0 aromatic rings. The first kappa shape index (κ1) is 16.2. The SMILES string of the molecule is COC(=O)/C=C/CCCC/C=C1/CC12OCC(C)(C)CO2. The highest BCUT2D eigenvalue weighted by Gasteiger charge is 2.55. The van der Waals surface area contributed by atoms with E-state index in [-0.39, 0.29) is 17.2 Å². The van der Waals surface area contributed by atoms with Crippen molar-refractivity contribution < 1.29 is 19.0 Å². The second-order valence-corrected chi connectivity index (χ2v) is 6.61. The Kier molecular flexibility index (Phi) is 5.22. The minimum Gasteiger partial charge on any atom is -0.466 e. The summed E-state index contributed by atoms with van der Waals surface area (Å²) in [4.78, 5) is 10.9. The standard InChI is InChI=1S/C17H26O4/c1-16(2)12-20-17(21-13-16)11-14(17)9-7-5-4-6-8-10-15(18)19-3/h8-10H,4-7,11-13H2,1-3H3/b10-8+,14-9-. The van der Waals surface area contributed by atoms with E-state index in [0.29, 0.717) is 0 Å². The van der Waals surface area contributed by atoms with Crippen molar-refractivity contribution in [2.45, 2.75) is 51.7 Å². The van der Waals surface area contributed by atoms with Crippen LogP contribution in [0.2, 0.25) is 0 Å². The van der Waals surface area contributed by atoms with Gasteiger partial charge in [-0.3, -0.25) is 0 Å². The Morgan fingerprint density at radius 3 is 2.57 bits per heavy atom. The molecule has 2 fully saturated rings. The predicted molar refractivity (Wildman–Crippen MR) is 80.7 cm³/mol. The average molecular weight is 294 g/mol. The number of esters is 1. The van der Waals surface area contributed by atoms with Gasteiger partial charge in [-0.2, -0.15) is 0 Å².